The molecule has 0 spiro atoms. The van der Waals surface area contributed by atoms with Crippen LogP contribution in [0.15, 0.2) is 34.9 Å². The molecule has 3 rings (SSSR count). The van der Waals surface area contributed by atoms with Gasteiger partial charge in [-0.15, -0.1) is 5.10 Å². The smallest absolute Gasteiger partial charge is 0.321 e. The van der Waals surface area contributed by atoms with Gasteiger partial charge in [0.2, 0.25) is 0 Å². The number of nitrogens with zero attached hydrogens (tertiary/aromatic N) is 4. The van der Waals surface area contributed by atoms with Gasteiger partial charge < -0.3 is 9.84 Å². The van der Waals surface area contributed by atoms with Crippen molar-refractivity contribution >= 4 is 12.0 Å². The molecule has 0 radical (unpaired) electrons. The summed E-state index contributed by atoms with van der Waals surface area (Å²) in [6.07, 6.45) is 0.724. The highest BCUT2D eigenvalue weighted by Crippen LogP contribution is 2.14. The van der Waals surface area contributed by atoms with Crippen LogP contribution in [0.2, 0.25) is 0 Å². The van der Waals surface area contributed by atoms with E-state index in [4.69, 9.17) is 4.52 Å². The maximum atomic E-state index is 12.1. The molecular weight excluding hydrogens is 320 g/mol. The third kappa shape index (κ3) is 3.68. The molecule has 2 N–H and O–H groups in total. The molecule has 8 nitrogen and oxygen atoms in total. The second-order valence-electron chi connectivity index (χ2n) is 5.56. The summed E-state index contributed by atoms with van der Waals surface area (Å²) in [5.41, 5.74) is 2.56. The zero-order valence-electron chi connectivity index (χ0n) is 14.4. The van der Waals surface area contributed by atoms with E-state index in [1.807, 2.05) is 51.1 Å². The van der Waals surface area contributed by atoms with Crippen molar-refractivity contribution in [2.75, 3.05) is 5.32 Å². The normalized spacial score (nSPS) is 10.7. The Kier molecular flexibility index (Phi) is 4.78. The van der Waals surface area contributed by atoms with Crippen LogP contribution < -0.4 is 10.6 Å². The summed E-state index contributed by atoms with van der Waals surface area (Å²) in [4.78, 5) is 16.4. The highest BCUT2D eigenvalue weighted by atomic mass is 16.5. The molecule has 130 valence electrons. The van der Waals surface area contributed by atoms with Gasteiger partial charge in [0.25, 0.3) is 5.95 Å². The van der Waals surface area contributed by atoms with Crippen LogP contribution >= 0.6 is 0 Å². The van der Waals surface area contributed by atoms with Crippen LogP contribution in [0.3, 0.4) is 0 Å². The van der Waals surface area contributed by atoms with Gasteiger partial charge in [-0.05, 0) is 26.0 Å². The first-order valence-electron chi connectivity index (χ1n) is 8.06. The Labute approximate surface area is 145 Å². The van der Waals surface area contributed by atoms with Crippen molar-refractivity contribution in [3.8, 4) is 5.69 Å². The van der Waals surface area contributed by atoms with Gasteiger partial charge >= 0.3 is 6.03 Å². The van der Waals surface area contributed by atoms with E-state index in [2.05, 4.69) is 25.9 Å². The summed E-state index contributed by atoms with van der Waals surface area (Å²) in [7, 11) is 0. The Morgan fingerprint density at radius 1 is 1.24 bits per heavy atom. The monoisotopic (exact) mass is 340 g/mol. The zero-order valence-corrected chi connectivity index (χ0v) is 14.4. The first-order valence-corrected chi connectivity index (χ1v) is 8.06. The fourth-order valence-corrected chi connectivity index (χ4v) is 2.51. The standard InChI is InChI=1S/C17H20N6O2/c1-4-15-14(11(2)22-25-15)10-18-17(24)20-16-19-12(3)23(21-16)13-8-6-5-7-9-13/h5-9H,4,10H2,1-3H3,(H2,18,20,21,24). The fourth-order valence-electron chi connectivity index (χ4n) is 2.51. The zero-order chi connectivity index (χ0) is 17.8. The third-order valence-corrected chi connectivity index (χ3v) is 3.81. The van der Waals surface area contributed by atoms with Crippen molar-refractivity contribution in [1.82, 2.24) is 25.2 Å². The second-order valence-corrected chi connectivity index (χ2v) is 5.56. The molecule has 0 unspecified atom stereocenters. The number of para-hydroxylation sites is 1. The Bertz CT molecular complexity index is 869. The fraction of sp³-hybridized carbons (Fsp3) is 0.294. The van der Waals surface area contributed by atoms with Crippen molar-refractivity contribution in [1.29, 1.82) is 0 Å². The van der Waals surface area contributed by atoms with E-state index in [1.54, 1.807) is 4.68 Å². The van der Waals surface area contributed by atoms with Crippen molar-refractivity contribution in [3.05, 3.63) is 53.2 Å². The number of carbonyl (C=O) groups excluding carboxylic acids is 1. The summed E-state index contributed by atoms with van der Waals surface area (Å²) in [6, 6.07) is 9.23. The number of aromatic nitrogens is 4. The van der Waals surface area contributed by atoms with Crippen molar-refractivity contribution in [2.45, 2.75) is 33.7 Å². The van der Waals surface area contributed by atoms with E-state index in [0.717, 1.165) is 29.1 Å². The van der Waals surface area contributed by atoms with Gasteiger partial charge in [0.15, 0.2) is 0 Å². The molecule has 0 atom stereocenters. The molecule has 0 aliphatic heterocycles. The lowest BCUT2D eigenvalue weighted by Gasteiger charge is -2.05. The number of urea groups is 1. The van der Waals surface area contributed by atoms with Crippen LogP contribution in [0.1, 0.15) is 29.8 Å². The highest BCUT2D eigenvalue weighted by Gasteiger charge is 2.14. The lowest BCUT2D eigenvalue weighted by molar-refractivity contribution is 0.251. The van der Waals surface area contributed by atoms with Gasteiger partial charge in [-0.25, -0.2) is 9.48 Å². The number of aryl methyl sites for hydroxylation is 3. The summed E-state index contributed by atoms with van der Waals surface area (Å²) < 4.78 is 6.89. The number of rotatable bonds is 5. The van der Waals surface area contributed by atoms with Crippen molar-refractivity contribution < 1.29 is 9.32 Å². The average molecular weight is 340 g/mol. The molecule has 1 aromatic carbocycles. The molecule has 25 heavy (non-hydrogen) atoms. The third-order valence-electron chi connectivity index (χ3n) is 3.81. The van der Waals surface area contributed by atoms with Crippen LogP contribution in [0.25, 0.3) is 5.69 Å². The predicted octanol–water partition coefficient (Wildman–Crippen LogP) is 2.76. The topological polar surface area (TPSA) is 97.9 Å². The first kappa shape index (κ1) is 16.7. The Morgan fingerprint density at radius 2 is 2.00 bits per heavy atom. The lowest BCUT2D eigenvalue weighted by atomic mass is 10.1. The molecule has 2 amide bonds. The van der Waals surface area contributed by atoms with Gasteiger partial charge in [-0.1, -0.05) is 30.3 Å². The van der Waals surface area contributed by atoms with Crippen molar-refractivity contribution in [2.24, 2.45) is 0 Å². The maximum Gasteiger partial charge on any atom is 0.321 e. The Morgan fingerprint density at radius 3 is 2.72 bits per heavy atom. The average Bonchev–Trinajstić information content (AvgIpc) is 3.16. The maximum absolute atomic E-state index is 12.1. The SMILES string of the molecule is CCc1onc(C)c1CNC(=O)Nc1nc(C)n(-c2ccccc2)n1. The molecule has 8 heteroatoms. The second kappa shape index (κ2) is 7.16. The van der Waals surface area contributed by atoms with Gasteiger partial charge in [0.05, 0.1) is 11.4 Å². The minimum Gasteiger partial charge on any atom is -0.361 e. The minimum atomic E-state index is -0.382. The first-order chi connectivity index (χ1) is 12.1. The molecule has 0 bridgehead atoms. The number of hydrogen-bond donors (Lipinski definition) is 2. The van der Waals surface area contributed by atoms with Gasteiger partial charge in [-0.2, -0.15) is 4.98 Å². The molecule has 0 fully saturated rings. The number of benzene rings is 1. The molecule has 2 aromatic heterocycles. The minimum absolute atomic E-state index is 0.247. The molecule has 2 heterocycles. The van der Waals surface area contributed by atoms with Crippen LogP contribution in [-0.2, 0) is 13.0 Å². The van der Waals surface area contributed by atoms with E-state index < -0.39 is 0 Å². The molecule has 0 saturated heterocycles. The van der Waals surface area contributed by atoms with Crippen LogP contribution in [0.5, 0.6) is 0 Å². The lowest BCUT2D eigenvalue weighted by Crippen LogP contribution is -2.29. The number of anilines is 1. The molecule has 0 aliphatic rings. The number of amides is 2. The van der Waals surface area contributed by atoms with E-state index in [0.29, 0.717) is 12.4 Å². The summed E-state index contributed by atoms with van der Waals surface area (Å²) in [5, 5.41) is 13.7. The molecule has 0 aliphatic carbocycles. The molecular formula is C17H20N6O2. The highest BCUT2D eigenvalue weighted by molar-refractivity contribution is 5.87. The van der Waals surface area contributed by atoms with Crippen LogP contribution in [0, 0.1) is 13.8 Å². The number of nitrogens with one attached hydrogen (secondary N) is 2. The summed E-state index contributed by atoms with van der Waals surface area (Å²) in [5.74, 6) is 1.71. The summed E-state index contributed by atoms with van der Waals surface area (Å²) in [6.45, 7) is 6.00. The van der Waals surface area contributed by atoms with Crippen molar-refractivity contribution in [3.63, 3.8) is 0 Å². The van der Waals surface area contributed by atoms with E-state index in [1.165, 1.54) is 0 Å². The molecule has 3 aromatic rings. The summed E-state index contributed by atoms with van der Waals surface area (Å²) >= 11 is 0. The largest absolute Gasteiger partial charge is 0.361 e. The molecule has 0 saturated carbocycles. The van der Waals surface area contributed by atoms with Gasteiger partial charge in [0.1, 0.15) is 11.6 Å². The Hall–Kier alpha value is -3.16. The number of hydrogen-bond acceptors (Lipinski definition) is 5. The van der Waals surface area contributed by atoms with E-state index in [9.17, 15) is 4.79 Å². The van der Waals surface area contributed by atoms with E-state index in [-0.39, 0.29) is 12.0 Å². The Balaban J connectivity index is 1.65. The predicted molar refractivity (Wildman–Crippen MR) is 92.6 cm³/mol. The van der Waals surface area contributed by atoms with Gasteiger partial charge in [0, 0.05) is 18.5 Å². The number of carbonyl (C=O) groups is 1. The van der Waals surface area contributed by atoms with Crippen LogP contribution in [0.4, 0.5) is 10.7 Å². The quantitative estimate of drug-likeness (QED) is 0.744. The van der Waals surface area contributed by atoms with E-state index >= 15 is 0 Å². The van der Waals surface area contributed by atoms with Crippen LogP contribution in [-0.4, -0.2) is 26.0 Å². The van der Waals surface area contributed by atoms with Gasteiger partial charge in [-0.3, -0.25) is 5.32 Å².